The Kier molecular flexibility index (Phi) is 6.04. The Labute approximate surface area is 171 Å². The number of carbonyl (C=O) groups is 1. The van der Waals surface area contributed by atoms with E-state index in [0.717, 1.165) is 5.56 Å². The molecule has 0 radical (unpaired) electrons. The number of rotatable bonds is 7. The third-order valence-electron chi connectivity index (χ3n) is 3.98. The highest BCUT2D eigenvalue weighted by molar-refractivity contribution is 6.32. The molecule has 0 atom stereocenters. The molecule has 8 nitrogen and oxygen atoms in total. The SMILES string of the molecule is COc1ccc(C)cc1NC(=O)c1ccc(COc2cc([N+](=O)[O-])ccc2Cl)o1. The topological polar surface area (TPSA) is 104 Å². The Hall–Kier alpha value is -3.52. The number of nitrogens with zero attached hydrogens (tertiary/aromatic N) is 1. The minimum Gasteiger partial charge on any atom is -0.495 e. The summed E-state index contributed by atoms with van der Waals surface area (Å²) in [7, 11) is 1.52. The molecule has 0 aliphatic rings. The van der Waals surface area contributed by atoms with Crippen LogP contribution in [-0.2, 0) is 6.61 Å². The minimum atomic E-state index is -0.544. The van der Waals surface area contributed by atoms with Crippen molar-refractivity contribution in [3.05, 3.63) is 80.8 Å². The fourth-order valence-electron chi connectivity index (χ4n) is 2.55. The Morgan fingerprint density at radius 1 is 1.17 bits per heavy atom. The van der Waals surface area contributed by atoms with E-state index in [1.165, 1.54) is 31.4 Å². The number of nitro groups is 1. The molecule has 0 fully saturated rings. The van der Waals surface area contributed by atoms with Gasteiger partial charge in [-0.05, 0) is 42.8 Å². The van der Waals surface area contributed by atoms with Gasteiger partial charge in [-0.15, -0.1) is 0 Å². The van der Waals surface area contributed by atoms with Crippen molar-refractivity contribution in [2.24, 2.45) is 0 Å². The zero-order chi connectivity index (χ0) is 21.0. The van der Waals surface area contributed by atoms with Crippen LogP contribution in [0.2, 0.25) is 5.02 Å². The van der Waals surface area contributed by atoms with E-state index < -0.39 is 10.8 Å². The second kappa shape index (κ2) is 8.66. The number of nitrogens with one attached hydrogen (secondary N) is 1. The average molecular weight is 417 g/mol. The van der Waals surface area contributed by atoms with Gasteiger partial charge in [-0.25, -0.2) is 0 Å². The van der Waals surface area contributed by atoms with Crippen LogP contribution < -0.4 is 14.8 Å². The van der Waals surface area contributed by atoms with Crippen molar-refractivity contribution in [2.45, 2.75) is 13.5 Å². The molecular formula is C20H17ClN2O6. The van der Waals surface area contributed by atoms with Gasteiger partial charge in [0.05, 0.1) is 28.8 Å². The quantitative estimate of drug-likeness (QED) is 0.429. The first-order chi connectivity index (χ1) is 13.9. The number of hydrogen-bond acceptors (Lipinski definition) is 6. The molecule has 3 rings (SSSR count). The highest BCUT2D eigenvalue weighted by Crippen LogP contribution is 2.30. The summed E-state index contributed by atoms with van der Waals surface area (Å²) < 4.78 is 16.2. The first-order valence-corrected chi connectivity index (χ1v) is 8.86. The lowest BCUT2D eigenvalue weighted by Crippen LogP contribution is -2.12. The molecule has 29 heavy (non-hydrogen) atoms. The normalized spacial score (nSPS) is 10.4. The first kappa shape index (κ1) is 20.2. The molecule has 0 aliphatic heterocycles. The summed E-state index contributed by atoms with van der Waals surface area (Å²) in [6.45, 7) is 1.85. The molecule has 1 amide bonds. The molecule has 1 heterocycles. The lowest BCUT2D eigenvalue weighted by Gasteiger charge is -2.10. The van der Waals surface area contributed by atoms with Crippen molar-refractivity contribution in [1.82, 2.24) is 0 Å². The number of amides is 1. The van der Waals surface area contributed by atoms with Gasteiger partial charge in [0.15, 0.2) is 5.76 Å². The molecule has 9 heteroatoms. The number of halogens is 1. The van der Waals surface area contributed by atoms with Crippen LogP contribution in [0, 0.1) is 17.0 Å². The van der Waals surface area contributed by atoms with Gasteiger partial charge in [0.2, 0.25) is 0 Å². The van der Waals surface area contributed by atoms with Crippen molar-refractivity contribution < 1.29 is 23.6 Å². The van der Waals surface area contributed by atoms with Gasteiger partial charge in [0.1, 0.15) is 23.9 Å². The second-order valence-electron chi connectivity index (χ2n) is 6.08. The number of hydrogen-bond donors (Lipinski definition) is 1. The second-order valence-corrected chi connectivity index (χ2v) is 6.49. The zero-order valence-corrected chi connectivity index (χ0v) is 16.4. The third kappa shape index (κ3) is 4.85. The molecular weight excluding hydrogens is 400 g/mol. The van der Waals surface area contributed by atoms with E-state index >= 15 is 0 Å². The van der Waals surface area contributed by atoms with Crippen LogP contribution in [-0.4, -0.2) is 17.9 Å². The Balaban J connectivity index is 1.68. The van der Waals surface area contributed by atoms with Crippen LogP contribution in [0.4, 0.5) is 11.4 Å². The predicted molar refractivity (Wildman–Crippen MR) is 107 cm³/mol. The number of carbonyl (C=O) groups excluding carboxylic acids is 1. The van der Waals surface area contributed by atoms with Crippen LogP contribution >= 0.6 is 11.6 Å². The van der Waals surface area contributed by atoms with Crippen molar-refractivity contribution in [3.63, 3.8) is 0 Å². The lowest BCUT2D eigenvalue weighted by molar-refractivity contribution is -0.384. The fourth-order valence-corrected chi connectivity index (χ4v) is 2.72. The molecule has 1 aromatic heterocycles. The van der Waals surface area contributed by atoms with Gasteiger partial charge in [-0.1, -0.05) is 17.7 Å². The summed E-state index contributed by atoms with van der Waals surface area (Å²) in [4.78, 5) is 22.8. The maximum atomic E-state index is 12.5. The van der Waals surface area contributed by atoms with E-state index in [4.69, 9.17) is 25.5 Å². The fraction of sp³-hybridized carbons (Fsp3) is 0.150. The van der Waals surface area contributed by atoms with Crippen LogP contribution in [0.3, 0.4) is 0 Å². The number of furan rings is 1. The number of methoxy groups -OCH3 is 1. The van der Waals surface area contributed by atoms with Crippen LogP contribution in [0.5, 0.6) is 11.5 Å². The van der Waals surface area contributed by atoms with Crippen LogP contribution in [0.1, 0.15) is 21.9 Å². The molecule has 0 bridgehead atoms. The van der Waals surface area contributed by atoms with E-state index in [0.29, 0.717) is 17.2 Å². The number of nitro benzene ring substituents is 1. The van der Waals surface area contributed by atoms with E-state index in [1.807, 2.05) is 13.0 Å². The summed E-state index contributed by atoms with van der Waals surface area (Å²) in [6.07, 6.45) is 0. The Bertz CT molecular complexity index is 1060. The predicted octanol–water partition coefficient (Wildman–Crippen LogP) is 4.99. The molecule has 0 saturated carbocycles. The zero-order valence-electron chi connectivity index (χ0n) is 15.6. The van der Waals surface area contributed by atoms with Gasteiger partial charge in [0.25, 0.3) is 11.6 Å². The highest BCUT2D eigenvalue weighted by Gasteiger charge is 2.16. The Morgan fingerprint density at radius 3 is 2.69 bits per heavy atom. The van der Waals surface area contributed by atoms with Crippen molar-refractivity contribution in [3.8, 4) is 11.5 Å². The molecule has 0 saturated heterocycles. The smallest absolute Gasteiger partial charge is 0.291 e. The third-order valence-corrected chi connectivity index (χ3v) is 4.30. The molecule has 1 N–H and O–H groups in total. The molecule has 0 spiro atoms. The molecule has 150 valence electrons. The molecule has 0 unspecified atom stereocenters. The Morgan fingerprint density at radius 2 is 1.97 bits per heavy atom. The van der Waals surface area contributed by atoms with Gasteiger partial charge in [-0.2, -0.15) is 0 Å². The minimum absolute atomic E-state index is 0.0536. The number of ether oxygens (including phenoxy) is 2. The first-order valence-electron chi connectivity index (χ1n) is 8.49. The van der Waals surface area contributed by atoms with Crippen molar-refractivity contribution >= 4 is 28.9 Å². The van der Waals surface area contributed by atoms with Gasteiger partial charge in [0, 0.05) is 6.07 Å². The average Bonchev–Trinajstić information content (AvgIpc) is 3.16. The molecule has 2 aromatic carbocycles. The molecule has 3 aromatic rings. The van der Waals surface area contributed by atoms with E-state index in [1.54, 1.807) is 18.2 Å². The highest BCUT2D eigenvalue weighted by atomic mass is 35.5. The number of benzene rings is 2. The van der Waals surface area contributed by atoms with E-state index in [9.17, 15) is 14.9 Å². The monoisotopic (exact) mass is 416 g/mol. The van der Waals surface area contributed by atoms with Crippen LogP contribution in [0.25, 0.3) is 0 Å². The standard InChI is InChI=1S/C20H17ClN2O6/c1-12-3-7-17(27-2)16(9-12)22-20(24)18-8-5-14(29-18)11-28-19-10-13(23(25)26)4-6-15(19)21/h3-10H,11H2,1-2H3,(H,22,24). The number of aryl methyl sites for hydroxylation is 1. The summed E-state index contributed by atoms with van der Waals surface area (Å²) in [5.74, 6) is 0.659. The number of non-ortho nitro benzene ring substituents is 1. The number of anilines is 1. The van der Waals surface area contributed by atoms with Crippen LogP contribution in [0.15, 0.2) is 52.9 Å². The van der Waals surface area contributed by atoms with E-state index in [-0.39, 0.29) is 28.8 Å². The summed E-state index contributed by atoms with van der Waals surface area (Å²) in [6, 6.07) is 12.4. The summed E-state index contributed by atoms with van der Waals surface area (Å²) in [5.41, 5.74) is 1.34. The van der Waals surface area contributed by atoms with Gasteiger partial charge in [-0.3, -0.25) is 14.9 Å². The lowest BCUT2D eigenvalue weighted by atomic mass is 10.2. The van der Waals surface area contributed by atoms with Gasteiger partial charge >= 0.3 is 0 Å². The maximum Gasteiger partial charge on any atom is 0.291 e. The molecule has 0 aliphatic carbocycles. The van der Waals surface area contributed by atoms with E-state index in [2.05, 4.69) is 5.32 Å². The van der Waals surface area contributed by atoms with Crippen molar-refractivity contribution in [2.75, 3.05) is 12.4 Å². The van der Waals surface area contributed by atoms with Crippen molar-refractivity contribution in [1.29, 1.82) is 0 Å². The summed E-state index contributed by atoms with van der Waals surface area (Å²) >= 11 is 6.00. The largest absolute Gasteiger partial charge is 0.495 e. The summed E-state index contributed by atoms with van der Waals surface area (Å²) in [5, 5.41) is 13.8. The maximum absolute atomic E-state index is 12.5. The van der Waals surface area contributed by atoms with Gasteiger partial charge < -0.3 is 19.2 Å².